The first kappa shape index (κ1) is 14.2. The van der Waals surface area contributed by atoms with Gasteiger partial charge in [0.05, 0.1) is 5.92 Å². The van der Waals surface area contributed by atoms with Crippen LogP contribution in [0.5, 0.6) is 0 Å². The summed E-state index contributed by atoms with van der Waals surface area (Å²) in [5.74, 6) is -1.57. The molecule has 0 unspecified atom stereocenters. The first-order valence-electron chi connectivity index (χ1n) is 7.14. The number of carboxylic acids is 1. The average molecular weight is 300 g/mol. The molecule has 1 aliphatic rings. The zero-order chi connectivity index (χ0) is 15.5. The van der Waals surface area contributed by atoms with Gasteiger partial charge < -0.3 is 10.4 Å². The summed E-state index contributed by atoms with van der Waals surface area (Å²) < 4.78 is 1.74. The quantitative estimate of drug-likeness (QED) is 0.885. The van der Waals surface area contributed by atoms with Crippen molar-refractivity contribution < 1.29 is 14.7 Å². The maximum absolute atomic E-state index is 12.2. The van der Waals surface area contributed by atoms with Gasteiger partial charge in [0, 0.05) is 17.3 Å². The summed E-state index contributed by atoms with van der Waals surface area (Å²) in [6.07, 6.45) is 5.30. The fraction of sp³-hybridized carbons (Fsp3) is 0.333. The van der Waals surface area contributed by atoms with Gasteiger partial charge in [-0.2, -0.15) is 0 Å². The number of hydrogen-bond donors (Lipinski definition) is 2. The first-order valence-corrected chi connectivity index (χ1v) is 7.14. The third-order valence-corrected chi connectivity index (χ3v) is 4.00. The molecule has 1 aliphatic carbocycles. The molecule has 1 aromatic carbocycles. The molecule has 0 aliphatic heterocycles. The van der Waals surface area contributed by atoms with Crippen molar-refractivity contribution in [3.63, 3.8) is 0 Å². The molecule has 0 radical (unpaired) electrons. The SMILES string of the molecule is O=C(N[C@H]1CCC[C@H]1C(=O)O)c1ccc(-n2cnnc2)cc1. The Morgan fingerprint density at radius 3 is 2.45 bits per heavy atom. The molecular formula is C15H16N4O3. The highest BCUT2D eigenvalue weighted by Crippen LogP contribution is 2.26. The molecule has 7 nitrogen and oxygen atoms in total. The highest BCUT2D eigenvalue weighted by molar-refractivity contribution is 5.94. The second kappa shape index (κ2) is 5.97. The van der Waals surface area contributed by atoms with Crippen molar-refractivity contribution in [3.8, 4) is 5.69 Å². The Bertz CT molecular complexity index is 667. The van der Waals surface area contributed by atoms with Gasteiger partial charge in [-0.25, -0.2) is 0 Å². The molecule has 2 N–H and O–H groups in total. The molecular weight excluding hydrogens is 284 g/mol. The second-order valence-electron chi connectivity index (χ2n) is 5.37. The van der Waals surface area contributed by atoms with Crippen molar-refractivity contribution in [1.82, 2.24) is 20.1 Å². The van der Waals surface area contributed by atoms with Crippen LogP contribution in [0, 0.1) is 5.92 Å². The van der Waals surface area contributed by atoms with Gasteiger partial charge in [-0.3, -0.25) is 14.2 Å². The lowest BCUT2D eigenvalue weighted by atomic mass is 10.0. The minimum Gasteiger partial charge on any atom is -0.481 e. The Morgan fingerprint density at radius 1 is 1.14 bits per heavy atom. The number of benzene rings is 1. The molecule has 2 aromatic rings. The molecule has 2 atom stereocenters. The van der Waals surface area contributed by atoms with Crippen molar-refractivity contribution in [1.29, 1.82) is 0 Å². The van der Waals surface area contributed by atoms with Crippen LogP contribution >= 0.6 is 0 Å². The third-order valence-electron chi connectivity index (χ3n) is 4.00. The van der Waals surface area contributed by atoms with Gasteiger partial charge in [0.1, 0.15) is 12.7 Å². The monoisotopic (exact) mass is 300 g/mol. The molecule has 7 heteroatoms. The number of aliphatic carboxylic acids is 1. The van der Waals surface area contributed by atoms with Crippen molar-refractivity contribution >= 4 is 11.9 Å². The molecule has 1 aromatic heterocycles. The van der Waals surface area contributed by atoms with Crippen LogP contribution in [0.15, 0.2) is 36.9 Å². The van der Waals surface area contributed by atoms with E-state index in [1.54, 1.807) is 41.5 Å². The number of rotatable bonds is 4. The van der Waals surface area contributed by atoms with Crippen LogP contribution in [0.2, 0.25) is 0 Å². The van der Waals surface area contributed by atoms with Crippen LogP contribution in [0.3, 0.4) is 0 Å². The van der Waals surface area contributed by atoms with Gasteiger partial charge in [-0.15, -0.1) is 10.2 Å². The van der Waals surface area contributed by atoms with E-state index >= 15 is 0 Å². The van der Waals surface area contributed by atoms with E-state index in [0.29, 0.717) is 18.4 Å². The Balaban J connectivity index is 1.69. The van der Waals surface area contributed by atoms with E-state index < -0.39 is 11.9 Å². The summed E-state index contributed by atoms with van der Waals surface area (Å²) >= 11 is 0. The van der Waals surface area contributed by atoms with E-state index in [9.17, 15) is 9.59 Å². The van der Waals surface area contributed by atoms with Crippen molar-refractivity contribution in [2.75, 3.05) is 0 Å². The van der Waals surface area contributed by atoms with E-state index in [-0.39, 0.29) is 11.9 Å². The Labute approximate surface area is 127 Å². The molecule has 1 saturated carbocycles. The highest BCUT2D eigenvalue weighted by atomic mass is 16.4. The molecule has 1 fully saturated rings. The molecule has 1 heterocycles. The summed E-state index contributed by atoms with van der Waals surface area (Å²) in [7, 11) is 0. The van der Waals surface area contributed by atoms with Crippen LogP contribution in [-0.4, -0.2) is 37.8 Å². The smallest absolute Gasteiger partial charge is 0.308 e. The maximum atomic E-state index is 12.2. The number of carbonyl (C=O) groups excluding carboxylic acids is 1. The maximum Gasteiger partial charge on any atom is 0.308 e. The largest absolute Gasteiger partial charge is 0.481 e. The van der Waals surface area contributed by atoms with E-state index in [2.05, 4.69) is 15.5 Å². The van der Waals surface area contributed by atoms with Gasteiger partial charge in [0.25, 0.3) is 5.91 Å². The summed E-state index contributed by atoms with van der Waals surface area (Å²) in [4.78, 5) is 23.4. The summed E-state index contributed by atoms with van der Waals surface area (Å²) in [5.41, 5.74) is 1.36. The Morgan fingerprint density at radius 2 is 1.82 bits per heavy atom. The number of carboxylic acid groups (broad SMARTS) is 1. The van der Waals surface area contributed by atoms with Crippen LogP contribution in [0.1, 0.15) is 29.6 Å². The number of aromatic nitrogens is 3. The van der Waals surface area contributed by atoms with E-state index in [0.717, 1.165) is 12.1 Å². The average Bonchev–Trinajstić information content (AvgIpc) is 3.18. The number of amides is 1. The molecule has 22 heavy (non-hydrogen) atoms. The fourth-order valence-electron chi connectivity index (χ4n) is 2.80. The number of nitrogens with zero attached hydrogens (tertiary/aromatic N) is 3. The van der Waals surface area contributed by atoms with E-state index in [1.165, 1.54) is 0 Å². The zero-order valence-corrected chi connectivity index (χ0v) is 11.8. The van der Waals surface area contributed by atoms with Crippen molar-refractivity contribution in [2.45, 2.75) is 25.3 Å². The van der Waals surface area contributed by atoms with Crippen LogP contribution in [0.4, 0.5) is 0 Å². The molecule has 3 rings (SSSR count). The number of nitrogens with one attached hydrogen (secondary N) is 1. The van der Waals surface area contributed by atoms with E-state index in [1.807, 2.05) is 0 Å². The molecule has 0 spiro atoms. The Hall–Kier alpha value is -2.70. The lowest BCUT2D eigenvalue weighted by Crippen LogP contribution is -2.40. The van der Waals surface area contributed by atoms with Crippen LogP contribution < -0.4 is 5.32 Å². The molecule has 1 amide bonds. The lowest BCUT2D eigenvalue weighted by molar-refractivity contribution is -0.142. The van der Waals surface area contributed by atoms with Crippen molar-refractivity contribution in [3.05, 3.63) is 42.5 Å². The molecule has 0 saturated heterocycles. The van der Waals surface area contributed by atoms with Gasteiger partial charge in [-0.1, -0.05) is 6.42 Å². The second-order valence-corrected chi connectivity index (χ2v) is 5.37. The van der Waals surface area contributed by atoms with Crippen molar-refractivity contribution in [2.24, 2.45) is 5.92 Å². The summed E-state index contributed by atoms with van der Waals surface area (Å²) in [6.45, 7) is 0. The van der Waals surface area contributed by atoms with Crippen LogP contribution in [-0.2, 0) is 4.79 Å². The summed E-state index contributed by atoms with van der Waals surface area (Å²) in [5, 5.41) is 19.4. The molecule has 0 bridgehead atoms. The predicted octanol–water partition coefficient (Wildman–Crippen LogP) is 1.25. The lowest BCUT2D eigenvalue weighted by Gasteiger charge is -2.17. The van der Waals surface area contributed by atoms with Crippen LogP contribution in [0.25, 0.3) is 5.69 Å². The zero-order valence-electron chi connectivity index (χ0n) is 11.8. The highest BCUT2D eigenvalue weighted by Gasteiger charge is 2.33. The normalized spacial score (nSPS) is 20.7. The Kier molecular flexibility index (Phi) is 3.86. The van der Waals surface area contributed by atoms with Gasteiger partial charge in [0.2, 0.25) is 0 Å². The van der Waals surface area contributed by atoms with E-state index in [4.69, 9.17) is 5.11 Å². The van der Waals surface area contributed by atoms with Gasteiger partial charge in [0.15, 0.2) is 0 Å². The minimum atomic E-state index is -0.842. The number of carbonyl (C=O) groups is 2. The summed E-state index contributed by atoms with van der Waals surface area (Å²) in [6, 6.07) is 6.70. The standard InChI is InChI=1S/C15H16N4O3/c20-14(18-13-3-1-2-12(13)15(21)22)10-4-6-11(7-5-10)19-8-16-17-9-19/h4-9,12-13H,1-3H2,(H,18,20)(H,21,22)/t12-,13+/m1/s1. The van der Waals surface area contributed by atoms with Gasteiger partial charge >= 0.3 is 5.97 Å². The predicted molar refractivity (Wildman–Crippen MR) is 77.6 cm³/mol. The first-order chi connectivity index (χ1) is 10.6. The third kappa shape index (κ3) is 2.83. The minimum absolute atomic E-state index is 0.242. The fourth-order valence-corrected chi connectivity index (χ4v) is 2.80. The molecule has 114 valence electrons. The topological polar surface area (TPSA) is 97.1 Å². The number of hydrogen-bond acceptors (Lipinski definition) is 4. The van der Waals surface area contributed by atoms with Gasteiger partial charge in [-0.05, 0) is 37.1 Å².